The summed E-state index contributed by atoms with van der Waals surface area (Å²) >= 11 is 3.32. The lowest BCUT2D eigenvalue weighted by Crippen LogP contribution is -2.36. The molecule has 2 aromatic carbocycles. The van der Waals surface area contributed by atoms with Crippen LogP contribution < -0.4 is 5.69 Å². The molecule has 27 heavy (non-hydrogen) atoms. The van der Waals surface area contributed by atoms with Crippen LogP contribution in [0.15, 0.2) is 64.4 Å². The molecular formula is C20H19BrFN3O2. The number of aryl methyl sites for hydroxylation is 1. The minimum absolute atomic E-state index is 0.0929. The average Bonchev–Trinajstić information content (AvgIpc) is 2.89. The molecule has 1 aromatic heterocycles. The van der Waals surface area contributed by atoms with E-state index in [-0.39, 0.29) is 37.0 Å². The summed E-state index contributed by atoms with van der Waals surface area (Å²) in [6.45, 7) is 3.90. The van der Waals surface area contributed by atoms with Crippen molar-refractivity contribution in [3.05, 3.63) is 81.5 Å². The van der Waals surface area contributed by atoms with Gasteiger partial charge >= 0.3 is 5.69 Å². The van der Waals surface area contributed by atoms with Gasteiger partial charge in [-0.25, -0.2) is 9.18 Å². The molecule has 0 unspecified atom stereocenters. The number of hydrogen-bond acceptors (Lipinski definition) is 2. The first-order chi connectivity index (χ1) is 12.9. The zero-order chi connectivity index (χ0) is 19.6. The number of amides is 1. The Bertz CT molecular complexity index is 1070. The number of carbonyl (C=O) groups excluding carboxylic acids is 1. The SMILES string of the molecule is C=CCN(Cc1cc(Br)ccc1F)C(=O)Cn1c(=O)n(C)c2ccccc21. The zero-order valence-corrected chi connectivity index (χ0v) is 16.4. The van der Waals surface area contributed by atoms with Gasteiger partial charge in [0.25, 0.3) is 0 Å². The molecule has 5 nitrogen and oxygen atoms in total. The monoisotopic (exact) mass is 431 g/mol. The third-order valence-electron chi connectivity index (χ3n) is 4.42. The largest absolute Gasteiger partial charge is 0.333 e. The number of hydrogen-bond donors (Lipinski definition) is 0. The van der Waals surface area contributed by atoms with Gasteiger partial charge in [0.05, 0.1) is 11.0 Å². The Labute approximate surface area is 164 Å². The Kier molecular flexibility index (Phi) is 5.60. The molecule has 1 heterocycles. The van der Waals surface area contributed by atoms with E-state index in [0.29, 0.717) is 11.1 Å². The highest BCUT2D eigenvalue weighted by molar-refractivity contribution is 9.10. The molecule has 0 aliphatic rings. The fourth-order valence-corrected chi connectivity index (χ4v) is 3.44. The van der Waals surface area contributed by atoms with Gasteiger partial charge < -0.3 is 4.90 Å². The van der Waals surface area contributed by atoms with Crippen LogP contribution in [0, 0.1) is 5.82 Å². The molecule has 3 aromatic rings. The number of halogens is 2. The fraction of sp³-hybridized carbons (Fsp3) is 0.200. The molecule has 0 spiro atoms. The van der Waals surface area contributed by atoms with Crippen LogP contribution in [-0.2, 0) is 24.9 Å². The highest BCUT2D eigenvalue weighted by Gasteiger charge is 2.19. The molecule has 0 fully saturated rings. The summed E-state index contributed by atoms with van der Waals surface area (Å²) < 4.78 is 17.8. The van der Waals surface area contributed by atoms with Gasteiger partial charge in [-0.05, 0) is 30.3 Å². The van der Waals surface area contributed by atoms with Crippen LogP contribution in [0.1, 0.15) is 5.56 Å². The van der Waals surface area contributed by atoms with Gasteiger partial charge in [0.2, 0.25) is 5.91 Å². The van der Waals surface area contributed by atoms with E-state index in [9.17, 15) is 14.0 Å². The number of rotatable bonds is 6. The van der Waals surface area contributed by atoms with Crippen LogP contribution in [0.2, 0.25) is 0 Å². The molecule has 140 valence electrons. The predicted molar refractivity (Wildman–Crippen MR) is 107 cm³/mol. The highest BCUT2D eigenvalue weighted by atomic mass is 79.9. The molecule has 1 amide bonds. The molecule has 0 aliphatic heterocycles. The van der Waals surface area contributed by atoms with E-state index in [0.717, 1.165) is 9.99 Å². The first kappa shape index (κ1) is 19.1. The third kappa shape index (κ3) is 3.88. The fourth-order valence-electron chi connectivity index (χ4n) is 3.03. The predicted octanol–water partition coefficient (Wildman–Crippen LogP) is 3.46. The minimum Gasteiger partial charge on any atom is -0.333 e. The zero-order valence-electron chi connectivity index (χ0n) is 14.9. The molecular weight excluding hydrogens is 413 g/mol. The van der Waals surface area contributed by atoms with Crippen molar-refractivity contribution in [1.82, 2.24) is 14.0 Å². The first-order valence-electron chi connectivity index (χ1n) is 8.39. The smallest absolute Gasteiger partial charge is 0.329 e. The second-order valence-electron chi connectivity index (χ2n) is 6.22. The Morgan fingerprint density at radius 2 is 1.96 bits per heavy atom. The van der Waals surface area contributed by atoms with Gasteiger partial charge in [-0.2, -0.15) is 0 Å². The summed E-state index contributed by atoms with van der Waals surface area (Å²) in [6, 6.07) is 11.9. The third-order valence-corrected chi connectivity index (χ3v) is 4.91. The van der Waals surface area contributed by atoms with E-state index in [4.69, 9.17) is 0 Å². The van der Waals surface area contributed by atoms with Crippen molar-refractivity contribution in [1.29, 1.82) is 0 Å². The van der Waals surface area contributed by atoms with E-state index >= 15 is 0 Å². The number of nitrogens with zero attached hydrogens (tertiary/aromatic N) is 3. The summed E-state index contributed by atoms with van der Waals surface area (Å²) in [5, 5.41) is 0. The summed E-state index contributed by atoms with van der Waals surface area (Å²) in [5.41, 5.74) is 1.57. The average molecular weight is 432 g/mol. The Hall–Kier alpha value is -2.67. The van der Waals surface area contributed by atoms with E-state index in [1.165, 1.54) is 20.1 Å². The maximum Gasteiger partial charge on any atom is 0.329 e. The number of para-hydroxylation sites is 2. The van der Waals surface area contributed by atoms with Crippen molar-refractivity contribution in [2.24, 2.45) is 7.05 Å². The second-order valence-corrected chi connectivity index (χ2v) is 7.13. The molecule has 0 atom stereocenters. The van der Waals surface area contributed by atoms with Crippen LogP contribution in [0.25, 0.3) is 11.0 Å². The molecule has 0 bridgehead atoms. The summed E-state index contributed by atoms with van der Waals surface area (Å²) in [5.74, 6) is -0.671. The maximum absolute atomic E-state index is 14.1. The van der Waals surface area contributed by atoms with Crippen LogP contribution >= 0.6 is 15.9 Å². The molecule has 3 rings (SSSR count). The maximum atomic E-state index is 14.1. The van der Waals surface area contributed by atoms with Gasteiger partial charge in [0.15, 0.2) is 0 Å². The van der Waals surface area contributed by atoms with Crippen molar-refractivity contribution in [2.75, 3.05) is 6.54 Å². The van der Waals surface area contributed by atoms with E-state index in [1.807, 2.05) is 18.2 Å². The number of imidazole rings is 1. The van der Waals surface area contributed by atoms with Crippen LogP contribution in [0.3, 0.4) is 0 Å². The van der Waals surface area contributed by atoms with E-state index in [2.05, 4.69) is 22.5 Å². The molecule has 0 aliphatic carbocycles. The minimum atomic E-state index is -0.387. The van der Waals surface area contributed by atoms with Gasteiger partial charge in [-0.15, -0.1) is 6.58 Å². The summed E-state index contributed by atoms with van der Waals surface area (Å²) in [7, 11) is 1.67. The van der Waals surface area contributed by atoms with Crippen molar-refractivity contribution < 1.29 is 9.18 Å². The summed E-state index contributed by atoms with van der Waals surface area (Å²) in [4.78, 5) is 26.9. The van der Waals surface area contributed by atoms with Crippen LogP contribution in [0.5, 0.6) is 0 Å². The van der Waals surface area contributed by atoms with Gasteiger partial charge in [-0.3, -0.25) is 13.9 Å². The molecule has 0 saturated heterocycles. The normalized spacial score (nSPS) is 10.9. The standard InChI is InChI=1S/C20H19BrFN3O2/c1-3-10-24(12-14-11-15(21)8-9-16(14)22)19(26)13-25-18-7-5-4-6-17(18)23(2)20(25)27/h3-9,11H,1,10,12-13H2,2H3. The van der Waals surface area contributed by atoms with Gasteiger partial charge in [0.1, 0.15) is 12.4 Å². The topological polar surface area (TPSA) is 47.2 Å². The quantitative estimate of drug-likeness (QED) is 0.561. The lowest BCUT2D eigenvalue weighted by molar-refractivity contribution is -0.131. The molecule has 0 radical (unpaired) electrons. The molecule has 7 heteroatoms. The highest BCUT2D eigenvalue weighted by Crippen LogP contribution is 2.18. The van der Waals surface area contributed by atoms with Crippen molar-refractivity contribution in [2.45, 2.75) is 13.1 Å². The van der Waals surface area contributed by atoms with E-state index in [1.54, 1.807) is 31.3 Å². The van der Waals surface area contributed by atoms with Gasteiger partial charge in [-0.1, -0.05) is 34.1 Å². The van der Waals surface area contributed by atoms with E-state index < -0.39 is 0 Å². The van der Waals surface area contributed by atoms with Gasteiger partial charge in [0, 0.05) is 30.2 Å². The first-order valence-corrected chi connectivity index (χ1v) is 9.18. The lowest BCUT2D eigenvalue weighted by Gasteiger charge is -2.22. The Morgan fingerprint density at radius 3 is 2.67 bits per heavy atom. The van der Waals surface area contributed by atoms with Crippen molar-refractivity contribution in [3.8, 4) is 0 Å². The number of fused-ring (bicyclic) bond motifs is 1. The number of aromatic nitrogens is 2. The Morgan fingerprint density at radius 1 is 1.26 bits per heavy atom. The summed E-state index contributed by atoms with van der Waals surface area (Å²) in [6.07, 6.45) is 1.58. The van der Waals surface area contributed by atoms with Crippen LogP contribution in [0.4, 0.5) is 4.39 Å². The van der Waals surface area contributed by atoms with Crippen LogP contribution in [-0.4, -0.2) is 26.5 Å². The lowest BCUT2D eigenvalue weighted by atomic mass is 10.2. The second kappa shape index (κ2) is 7.92. The Balaban J connectivity index is 1.90. The number of benzene rings is 2. The molecule has 0 N–H and O–H groups in total. The van der Waals surface area contributed by atoms with Crippen molar-refractivity contribution in [3.63, 3.8) is 0 Å². The number of carbonyl (C=O) groups is 1. The molecule has 0 saturated carbocycles. The van der Waals surface area contributed by atoms with Crippen molar-refractivity contribution >= 4 is 32.9 Å².